The van der Waals surface area contributed by atoms with Crippen LogP contribution in [0.2, 0.25) is 5.02 Å². The van der Waals surface area contributed by atoms with E-state index in [1.165, 1.54) is 0 Å². The van der Waals surface area contributed by atoms with Crippen molar-refractivity contribution in [3.8, 4) is 0 Å². The van der Waals surface area contributed by atoms with Crippen molar-refractivity contribution in [1.82, 2.24) is 0 Å². The van der Waals surface area contributed by atoms with Crippen molar-refractivity contribution >= 4 is 39.6 Å². The Bertz CT molecular complexity index is 681. The second-order valence-corrected chi connectivity index (χ2v) is 7.57. The zero-order valence-electron chi connectivity index (χ0n) is 12.6. The molecule has 0 amide bonds. The Labute approximate surface area is 142 Å². The van der Waals surface area contributed by atoms with Crippen LogP contribution in [0, 0.1) is 0 Å². The third-order valence-corrected chi connectivity index (χ3v) is 5.91. The normalized spacial score (nSPS) is 17.2. The fourth-order valence-electron chi connectivity index (χ4n) is 2.71. The van der Waals surface area contributed by atoms with Crippen LogP contribution in [0.4, 0.5) is 17.1 Å². The largest absolute Gasteiger partial charge is 0.330 e. The van der Waals surface area contributed by atoms with Crippen LogP contribution in [-0.2, 0) is 0 Å². The molecule has 23 heavy (non-hydrogen) atoms. The molecule has 0 bridgehead atoms. The van der Waals surface area contributed by atoms with Crippen LogP contribution >= 0.6 is 22.6 Å². The summed E-state index contributed by atoms with van der Waals surface area (Å²) in [6.45, 7) is 1.14. The average molecular weight is 354 g/mol. The van der Waals surface area contributed by atoms with E-state index in [1.807, 2.05) is 24.3 Å². The first-order valence-electron chi connectivity index (χ1n) is 7.46. The molecule has 2 aromatic carbocycles. The summed E-state index contributed by atoms with van der Waals surface area (Å²) in [5.41, 5.74) is 7.84. The highest BCUT2D eigenvalue weighted by atomic mass is 35.5. The molecule has 7 heteroatoms. The highest BCUT2D eigenvalue weighted by Gasteiger charge is 2.41. The molecule has 0 radical (unpaired) electrons. The number of nitrogens with zero attached hydrogens (tertiary/aromatic N) is 2. The molecular weight excluding hydrogens is 334 g/mol. The summed E-state index contributed by atoms with van der Waals surface area (Å²) in [6, 6.07) is 14.6. The van der Waals surface area contributed by atoms with E-state index in [0.717, 1.165) is 24.2 Å². The topological polar surface area (TPSA) is 73.0 Å². The zero-order valence-corrected chi connectivity index (χ0v) is 14.2. The Morgan fingerprint density at radius 2 is 1.61 bits per heavy atom. The van der Waals surface area contributed by atoms with Crippen molar-refractivity contribution in [3.05, 3.63) is 53.6 Å². The Morgan fingerprint density at radius 3 is 2.26 bits per heavy atom. The van der Waals surface area contributed by atoms with Crippen LogP contribution in [-0.4, -0.2) is 22.2 Å². The molecule has 4 N–H and O–H groups in total. The predicted octanol–water partition coefficient (Wildman–Crippen LogP) is 4.62. The molecule has 0 atom stereocenters. The molecule has 0 spiro atoms. The Balaban J connectivity index is 2.01. The third kappa shape index (κ3) is 3.00. The number of benzene rings is 2. The molecule has 3 rings (SSSR count). The SMILES string of the molecule is NCCCCN1c2ccccc2N(c2ccc(Cl)cc2)S1(O)O. The molecule has 0 fully saturated rings. The molecule has 0 saturated heterocycles. The smallest absolute Gasteiger partial charge is 0.0896 e. The monoisotopic (exact) mass is 353 g/mol. The summed E-state index contributed by atoms with van der Waals surface area (Å²) in [6.07, 6.45) is 1.64. The summed E-state index contributed by atoms with van der Waals surface area (Å²) in [5, 5.41) is 0.609. The van der Waals surface area contributed by atoms with E-state index in [1.54, 1.807) is 32.9 Å². The van der Waals surface area contributed by atoms with Gasteiger partial charge in [-0.25, -0.2) is 4.31 Å². The zero-order chi connectivity index (χ0) is 16.4. The standard InChI is InChI=1S/C16H20ClN3O2S/c17-13-7-9-14(10-8-13)20-16-6-2-1-5-15(16)19(23(20,21)22)12-4-3-11-18/h1-2,5-10,21-22H,3-4,11-12,18H2. The van der Waals surface area contributed by atoms with Crippen LogP contribution in [0.5, 0.6) is 0 Å². The maximum atomic E-state index is 10.9. The van der Waals surface area contributed by atoms with Crippen LogP contribution in [0.25, 0.3) is 0 Å². The lowest BCUT2D eigenvalue weighted by molar-refractivity contribution is 0.483. The minimum absolute atomic E-state index is 0.542. The lowest BCUT2D eigenvalue weighted by Crippen LogP contribution is -2.32. The molecule has 1 aliphatic heterocycles. The number of hydrogen-bond acceptors (Lipinski definition) is 5. The Hall–Kier alpha value is -1.44. The summed E-state index contributed by atoms with van der Waals surface area (Å²) in [4.78, 5) is 0. The van der Waals surface area contributed by atoms with Crippen molar-refractivity contribution in [1.29, 1.82) is 0 Å². The highest BCUT2D eigenvalue weighted by Crippen LogP contribution is 2.64. The molecule has 0 unspecified atom stereocenters. The molecule has 5 nitrogen and oxygen atoms in total. The Morgan fingerprint density at radius 1 is 0.957 bits per heavy atom. The van der Waals surface area contributed by atoms with Crippen molar-refractivity contribution in [3.63, 3.8) is 0 Å². The number of halogens is 1. The molecule has 0 aromatic heterocycles. The quantitative estimate of drug-likeness (QED) is 0.684. The van der Waals surface area contributed by atoms with Gasteiger partial charge in [0.15, 0.2) is 0 Å². The number of nitrogens with two attached hydrogens (primary N) is 1. The van der Waals surface area contributed by atoms with Crippen LogP contribution in [0.15, 0.2) is 48.5 Å². The van der Waals surface area contributed by atoms with Gasteiger partial charge in [-0.3, -0.25) is 13.4 Å². The van der Waals surface area contributed by atoms with Gasteiger partial charge < -0.3 is 5.73 Å². The van der Waals surface area contributed by atoms with Gasteiger partial charge in [-0.2, -0.15) is 0 Å². The molecule has 1 heterocycles. The van der Waals surface area contributed by atoms with E-state index in [-0.39, 0.29) is 0 Å². The predicted molar refractivity (Wildman–Crippen MR) is 98.5 cm³/mol. The maximum Gasteiger partial charge on any atom is 0.0896 e. The second-order valence-electron chi connectivity index (χ2n) is 5.35. The van der Waals surface area contributed by atoms with Crippen molar-refractivity contribution in [2.75, 3.05) is 21.7 Å². The fraction of sp³-hybridized carbons (Fsp3) is 0.250. The maximum absolute atomic E-state index is 10.9. The first-order chi connectivity index (χ1) is 11.1. The number of hydrogen-bond donors (Lipinski definition) is 3. The van der Waals surface area contributed by atoms with E-state index in [0.29, 0.717) is 23.8 Å². The van der Waals surface area contributed by atoms with Crippen molar-refractivity contribution in [2.24, 2.45) is 5.73 Å². The van der Waals surface area contributed by atoms with Crippen molar-refractivity contribution in [2.45, 2.75) is 12.8 Å². The number of para-hydroxylation sites is 2. The highest BCUT2D eigenvalue weighted by molar-refractivity contribution is 8.27. The minimum atomic E-state index is -3.15. The van der Waals surface area contributed by atoms with Crippen LogP contribution < -0.4 is 14.3 Å². The number of rotatable bonds is 5. The lowest BCUT2D eigenvalue weighted by Gasteiger charge is -2.43. The van der Waals surface area contributed by atoms with Gasteiger partial charge in [0.2, 0.25) is 0 Å². The van der Waals surface area contributed by atoms with Gasteiger partial charge in [0, 0.05) is 11.6 Å². The summed E-state index contributed by atoms with van der Waals surface area (Å²) in [7, 11) is -3.15. The van der Waals surface area contributed by atoms with Gasteiger partial charge >= 0.3 is 0 Å². The van der Waals surface area contributed by atoms with Crippen molar-refractivity contribution < 1.29 is 9.11 Å². The van der Waals surface area contributed by atoms with E-state index in [2.05, 4.69) is 0 Å². The number of fused-ring (bicyclic) bond motifs is 1. The van der Waals surface area contributed by atoms with Gasteiger partial charge in [-0.15, -0.1) is 0 Å². The third-order valence-electron chi connectivity index (χ3n) is 3.79. The molecular formula is C16H20ClN3O2S. The first kappa shape index (κ1) is 16.4. The number of unbranched alkanes of at least 4 members (excludes halogenated alkanes) is 1. The van der Waals surface area contributed by atoms with Crippen LogP contribution in [0.1, 0.15) is 12.8 Å². The van der Waals surface area contributed by atoms with Gasteiger partial charge in [0.1, 0.15) is 0 Å². The van der Waals surface area contributed by atoms with E-state index in [9.17, 15) is 9.11 Å². The first-order valence-corrected chi connectivity index (χ1v) is 9.30. The minimum Gasteiger partial charge on any atom is -0.330 e. The lowest BCUT2D eigenvalue weighted by atomic mass is 10.2. The summed E-state index contributed by atoms with van der Waals surface area (Å²) in [5.74, 6) is 0. The van der Waals surface area contributed by atoms with E-state index < -0.39 is 11.0 Å². The molecule has 0 saturated carbocycles. The second kappa shape index (κ2) is 6.59. The van der Waals surface area contributed by atoms with E-state index >= 15 is 0 Å². The van der Waals surface area contributed by atoms with Gasteiger partial charge in [0.25, 0.3) is 0 Å². The van der Waals surface area contributed by atoms with Gasteiger partial charge in [-0.05, 0) is 66.7 Å². The molecule has 124 valence electrons. The molecule has 1 aliphatic rings. The summed E-state index contributed by atoms with van der Waals surface area (Å²) >= 11 is 5.94. The van der Waals surface area contributed by atoms with Crippen LogP contribution in [0.3, 0.4) is 0 Å². The summed E-state index contributed by atoms with van der Waals surface area (Å²) < 4.78 is 25.0. The Kier molecular flexibility index (Phi) is 4.70. The molecule has 0 aliphatic carbocycles. The fourth-order valence-corrected chi connectivity index (χ4v) is 4.65. The number of anilines is 3. The van der Waals surface area contributed by atoms with Gasteiger partial charge in [-0.1, -0.05) is 23.7 Å². The van der Waals surface area contributed by atoms with Gasteiger partial charge in [0.05, 0.1) is 17.1 Å². The molecule has 2 aromatic rings. The van der Waals surface area contributed by atoms with E-state index in [4.69, 9.17) is 17.3 Å². The average Bonchev–Trinajstić information content (AvgIpc) is 2.76.